The maximum absolute atomic E-state index is 12.3. The van der Waals surface area contributed by atoms with Crippen LogP contribution >= 0.6 is 15.9 Å². The molecule has 3 N–H and O–H groups in total. The predicted molar refractivity (Wildman–Crippen MR) is 87.1 cm³/mol. The summed E-state index contributed by atoms with van der Waals surface area (Å²) < 4.78 is 33.0. The Bertz CT molecular complexity index is 776. The summed E-state index contributed by atoms with van der Waals surface area (Å²) in [5.74, 6) is 0.437. The normalized spacial score (nSPS) is 11.2. The molecule has 2 rings (SSSR count). The van der Waals surface area contributed by atoms with Gasteiger partial charge in [0.1, 0.15) is 5.75 Å². The maximum Gasteiger partial charge on any atom is 0.261 e. The number of nitrogens with one attached hydrogen (secondary N) is 1. The average Bonchev–Trinajstić information content (AvgIpc) is 2.42. The van der Waals surface area contributed by atoms with Crippen LogP contribution in [0.3, 0.4) is 0 Å². The second kappa shape index (κ2) is 5.95. The van der Waals surface area contributed by atoms with Crippen LogP contribution in [0.2, 0.25) is 0 Å². The molecular formula is C14H15BrN2O3S. The molecule has 2 aromatic carbocycles. The Labute approximate surface area is 132 Å². The number of benzene rings is 2. The van der Waals surface area contributed by atoms with E-state index in [2.05, 4.69) is 20.7 Å². The summed E-state index contributed by atoms with van der Waals surface area (Å²) in [7, 11) is -2.22. The zero-order chi connectivity index (χ0) is 15.6. The van der Waals surface area contributed by atoms with Gasteiger partial charge < -0.3 is 10.5 Å². The Balaban J connectivity index is 2.33. The Morgan fingerprint density at radius 1 is 1.19 bits per heavy atom. The van der Waals surface area contributed by atoms with Crippen LogP contribution in [0.15, 0.2) is 45.8 Å². The molecule has 2 aromatic rings. The molecule has 0 aliphatic heterocycles. The summed E-state index contributed by atoms with van der Waals surface area (Å²) in [6, 6.07) is 9.56. The van der Waals surface area contributed by atoms with Crippen molar-refractivity contribution in [3.8, 4) is 5.75 Å². The number of sulfonamides is 1. The molecule has 0 unspecified atom stereocenters. The first-order valence-corrected chi connectivity index (χ1v) is 8.33. The molecule has 0 saturated heterocycles. The quantitative estimate of drug-likeness (QED) is 0.809. The highest BCUT2D eigenvalue weighted by atomic mass is 79.9. The zero-order valence-electron chi connectivity index (χ0n) is 11.6. The fourth-order valence-corrected chi connectivity index (χ4v) is 3.21. The van der Waals surface area contributed by atoms with Crippen LogP contribution in [0.4, 0.5) is 11.4 Å². The van der Waals surface area contributed by atoms with Crippen molar-refractivity contribution in [2.45, 2.75) is 11.8 Å². The van der Waals surface area contributed by atoms with Gasteiger partial charge in [0.15, 0.2) is 0 Å². The highest BCUT2D eigenvalue weighted by Gasteiger charge is 2.16. The molecule has 0 saturated carbocycles. The average molecular weight is 371 g/mol. The van der Waals surface area contributed by atoms with Crippen LogP contribution in [-0.2, 0) is 10.0 Å². The molecule has 0 spiro atoms. The monoisotopic (exact) mass is 370 g/mol. The van der Waals surface area contributed by atoms with E-state index >= 15 is 0 Å². The number of nitrogens with two attached hydrogens (primary N) is 1. The lowest BCUT2D eigenvalue weighted by atomic mass is 10.2. The molecule has 5 nitrogen and oxygen atoms in total. The van der Waals surface area contributed by atoms with Gasteiger partial charge in [0.25, 0.3) is 10.0 Å². The van der Waals surface area contributed by atoms with Gasteiger partial charge in [-0.3, -0.25) is 4.72 Å². The summed E-state index contributed by atoms with van der Waals surface area (Å²) in [6.45, 7) is 1.92. The van der Waals surface area contributed by atoms with Gasteiger partial charge in [-0.15, -0.1) is 0 Å². The van der Waals surface area contributed by atoms with E-state index in [1.54, 1.807) is 12.1 Å². The molecule has 112 valence electrons. The minimum absolute atomic E-state index is 0.0810. The van der Waals surface area contributed by atoms with Crippen molar-refractivity contribution in [1.29, 1.82) is 0 Å². The van der Waals surface area contributed by atoms with E-state index in [1.165, 1.54) is 25.3 Å². The largest absolute Gasteiger partial charge is 0.495 e. The minimum Gasteiger partial charge on any atom is -0.495 e. The molecule has 0 radical (unpaired) electrons. The number of rotatable bonds is 4. The highest BCUT2D eigenvalue weighted by molar-refractivity contribution is 9.10. The standard InChI is InChI=1S/C14H15BrN2O3S/c1-9-3-4-10(7-12(9)15)17-21(18,19)11-5-6-14(20-2)13(16)8-11/h3-8,17H,16H2,1-2H3. The van der Waals surface area contributed by atoms with Crippen LogP contribution in [0.5, 0.6) is 5.75 Å². The van der Waals surface area contributed by atoms with E-state index in [0.29, 0.717) is 11.4 Å². The predicted octanol–water partition coefficient (Wildman–Crippen LogP) is 3.15. The van der Waals surface area contributed by atoms with Crippen LogP contribution in [0, 0.1) is 6.92 Å². The smallest absolute Gasteiger partial charge is 0.261 e. The van der Waals surface area contributed by atoms with E-state index in [4.69, 9.17) is 10.5 Å². The molecular weight excluding hydrogens is 356 g/mol. The minimum atomic E-state index is -3.70. The van der Waals surface area contributed by atoms with Crippen molar-refractivity contribution in [1.82, 2.24) is 0 Å². The summed E-state index contributed by atoms with van der Waals surface area (Å²) >= 11 is 3.37. The topological polar surface area (TPSA) is 81.4 Å². The Morgan fingerprint density at radius 3 is 2.48 bits per heavy atom. The number of halogens is 1. The second-order valence-corrected chi connectivity index (χ2v) is 7.01. The van der Waals surface area contributed by atoms with Crippen molar-refractivity contribution in [2.75, 3.05) is 17.6 Å². The fourth-order valence-electron chi connectivity index (χ4n) is 1.75. The van der Waals surface area contributed by atoms with E-state index in [9.17, 15) is 8.42 Å². The molecule has 0 amide bonds. The Morgan fingerprint density at radius 2 is 1.90 bits per heavy atom. The van der Waals surface area contributed by atoms with Crippen molar-refractivity contribution in [3.05, 3.63) is 46.4 Å². The first-order chi connectivity index (χ1) is 9.83. The third-order valence-electron chi connectivity index (χ3n) is 2.94. The van der Waals surface area contributed by atoms with Gasteiger partial charge in [-0.1, -0.05) is 22.0 Å². The lowest BCUT2D eigenvalue weighted by Crippen LogP contribution is -2.13. The van der Waals surface area contributed by atoms with Crippen molar-refractivity contribution < 1.29 is 13.2 Å². The lowest BCUT2D eigenvalue weighted by Gasteiger charge is -2.11. The van der Waals surface area contributed by atoms with Crippen LogP contribution in [0.25, 0.3) is 0 Å². The fraction of sp³-hybridized carbons (Fsp3) is 0.143. The van der Waals surface area contributed by atoms with Crippen molar-refractivity contribution in [3.63, 3.8) is 0 Å². The Hall–Kier alpha value is -1.73. The summed E-state index contributed by atoms with van der Waals surface area (Å²) in [5.41, 5.74) is 7.50. The first kappa shape index (κ1) is 15.7. The summed E-state index contributed by atoms with van der Waals surface area (Å²) in [5, 5.41) is 0. The molecule has 0 aliphatic carbocycles. The van der Waals surface area contributed by atoms with Gasteiger partial charge in [-0.05, 0) is 42.8 Å². The van der Waals surface area contributed by atoms with Crippen molar-refractivity contribution in [2.24, 2.45) is 0 Å². The van der Waals surface area contributed by atoms with Gasteiger partial charge in [-0.2, -0.15) is 0 Å². The van der Waals surface area contributed by atoms with Crippen LogP contribution < -0.4 is 15.2 Å². The molecule has 7 heteroatoms. The maximum atomic E-state index is 12.3. The number of hydrogen-bond donors (Lipinski definition) is 2. The number of aryl methyl sites for hydroxylation is 1. The molecule has 0 bridgehead atoms. The van der Waals surface area contributed by atoms with Crippen molar-refractivity contribution >= 4 is 37.3 Å². The second-order valence-electron chi connectivity index (χ2n) is 4.47. The molecule has 21 heavy (non-hydrogen) atoms. The summed E-state index contributed by atoms with van der Waals surface area (Å²) in [4.78, 5) is 0.0810. The SMILES string of the molecule is COc1ccc(S(=O)(=O)Nc2ccc(C)c(Br)c2)cc1N. The van der Waals surface area contributed by atoms with Crippen LogP contribution in [-0.4, -0.2) is 15.5 Å². The molecule has 0 fully saturated rings. The molecule has 0 heterocycles. The first-order valence-electron chi connectivity index (χ1n) is 6.06. The number of hydrogen-bond acceptors (Lipinski definition) is 4. The number of anilines is 2. The van der Waals surface area contributed by atoms with Gasteiger partial charge >= 0.3 is 0 Å². The third-order valence-corrected chi connectivity index (χ3v) is 5.17. The molecule has 0 aromatic heterocycles. The van der Waals surface area contributed by atoms with E-state index < -0.39 is 10.0 Å². The van der Waals surface area contributed by atoms with Gasteiger partial charge in [0, 0.05) is 10.2 Å². The van der Waals surface area contributed by atoms with Gasteiger partial charge in [-0.25, -0.2) is 8.42 Å². The third kappa shape index (κ3) is 3.48. The van der Waals surface area contributed by atoms with Gasteiger partial charge in [0.05, 0.1) is 17.7 Å². The van der Waals surface area contributed by atoms with E-state index in [-0.39, 0.29) is 10.6 Å². The van der Waals surface area contributed by atoms with Gasteiger partial charge in [0.2, 0.25) is 0 Å². The number of ether oxygens (including phenoxy) is 1. The molecule has 0 aliphatic rings. The molecule has 0 atom stereocenters. The summed E-state index contributed by atoms with van der Waals surface area (Å²) in [6.07, 6.45) is 0. The van der Waals surface area contributed by atoms with E-state index in [0.717, 1.165) is 10.0 Å². The number of nitrogen functional groups attached to an aromatic ring is 1. The van der Waals surface area contributed by atoms with Crippen LogP contribution in [0.1, 0.15) is 5.56 Å². The zero-order valence-corrected chi connectivity index (χ0v) is 14.0. The van der Waals surface area contributed by atoms with E-state index in [1.807, 2.05) is 13.0 Å². The number of methoxy groups -OCH3 is 1. The highest BCUT2D eigenvalue weighted by Crippen LogP contribution is 2.27. The Kier molecular flexibility index (Phi) is 4.43. The lowest BCUT2D eigenvalue weighted by molar-refractivity contribution is 0.416.